The molecule has 0 spiro atoms. The molecule has 6 amide bonds. The molecule has 0 aromatic heterocycles. The first-order chi connectivity index (χ1) is 11.6. The molecule has 11 heteroatoms. The summed E-state index contributed by atoms with van der Waals surface area (Å²) >= 11 is 0. The molecule has 2 heterocycles. The zero-order valence-corrected chi connectivity index (χ0v) is 15.6. The Hall–Kier alpha value is -2.04. The number of urea groups is 3. The third-order valence-corrected chi connectivity index (χ3v) is 5.57. The summed E-state index contributed by atoms with van der Waals surface area (Å²) in [5, 5.41) is 2.69. The third-order valence-electron chi connectivity index (χ3n) is 4.43. The maximum atomic E-state index is 12.1. The van der Waals surface area contributed by atoms with Crippen molar-refractivity contribution in [1.29, 1.82) is 0 Å². The molecule has 0 radical (unpaired) electrons. The SMILES string of the molecule is CN(C)C(=O)N1CCC(CNC(=O)N2CCN(S(C)(=O)=O)C2=O)CC1. The molecule has 142 valence electrons. The number of carbonyl (C=O) groups is 3. The largest absolute Gasteiger partial charge is 0.341 e. The van der Waals surface area contributed by atoms with E-state index in [0.29, 0.717) is 23.9 Å². The Kier molecular flexibility index (Phi) is 5.76. The molecule has 0 saturated carbocycles. The first kappa shape index (κ1) is 19.3. The van der Waals surface area contributed by atoms with Crippen LogP contribution in [0.5, 0.6) is 0 Å². The van der Waals surface area contributed by atoms with E-state index in [9.17, 15) is 22.8 Å². The molecule has 0 aliphatic carbocycles. The molecular formula is C14H25N5O5S. The van der Waals surface area contributed by atoms with E-state index in [2.05, 4.69) is 5.32 Å². The summed E-state index contributed by atoms with van der Waals surface area (Å²) in [6.07, 6.45) is 2.47. The standard InChI is InChI=1S/C14H25N5O5S/c1-16(2)13(21)17-6-4-11(5-7-17)10-15-12(20)18-8-9-19(14(18)22)25(3,23)24/h11H,4-10H2,1-3H3,(H,15,20). The number of hydrogen-bond acceptors (Lipinski definition) is 5. The van der Waals surface area contributed by atoms with Gasteiger partial charge in [-0.05, 0) is 18.8 Å². The Morgan fingerprint density at radius 1 is 1.16 bits per heavy atom. The Labute approximate surface area is 147 Å². The summed E-state index contributed by atoms with van der Waals surface area (Å²) in [5.74, 6) is 0.221. The molecule has 2 saturated heterocycles. The highest BCUT2D eigenvalue weighted by atomic mass is 32.2. The average Bonchev–Trinajstić information content (AvgIpc) is 2.94. The average molecular weight is 375 g/mol. The van der Waals surface area contributed by atoms with Gasteiger partial charge in [-0.3, -0.25) is 0 Å². The van der Waals surface area contributed by atoms with Crippen molar-refractivity contribution in [2.45, 2.75) is 12.8 Å². The van der Waals surface area contributed by atoms with Crippen molar-refractivity contribution in [2.75, 3.05) is 53.1 Å². The molecule has 0 bridgehead atoms. The summed E-state index contributed by atoms with van der Waals surface area (Å²) in [6, 6.07) is -1.42. The van der Waals surface area contributed by atoms with Crippen LogP contribution >= 0.6 is 0 Å². The lowest BCUT2D eigenvalue weighted by Gasteiger charge is -2.33. The minimum Gasteiger partial charge on any atom is -0.337 e. The predicted molar refractivity (Wildman–Crippen MR) is 90.4 cm³/mol. The predicted octanol–water partition coefficient (Wildman–Crippen LogP) is -0.213. The van der Waals surface area contributed by atoms with Gasteiger partial charge in [-0.15, -0.1) is 0 Å². The van der Waals surface area contributed by atoms with Crippen molar-refractivity contribution in [3.8, 4) is 0 Å². The Morgan fingerprint density at radius 3 is 2.24 bits per heavy atom. The van der Waals surface area contributed by atoms with E-state index in [-0.39, 0.29) is 25.0 Å². The van der Waals surface area contributed by atoms with Crippen molar-refractivity contribution in [2.24, 2.45) is 5.92 Å². The number of amides is 6. The van der Waals surface area contributed by atoms with Crippen LogP contribution in [0.3, 0.4) is 0 Å². The fraction of sp³-hybridized carbons (Fsp3) is 0.786. The van der Waals surface area contributed by atoms with Gasteiger partial charge in [0.2, 0.25) is 10.0 Å². The number of nitrogens with one attached hydrogen (secondary N) is 1. The molecule has 2 fully saturated rings. The van der Waals surface area contributed by atoms with Crippen molar-refractivity contribution < 1.29 is 22.8 Å². The number of sulfonamides is 1. The molecule has 0 aromatic rings. The second kappa shape index (κ2) is 7.46. The lowest BCUT2D eigenvalue weighted by atomic mass is 9.97. The van der Waals surface area contributed by atoms with E-state index in [0.717, 1.165) is 24.0 Å². The molecule has 2 rings (SSSR count). The van der Waals surface area contributed by atoms with E-state index >= 15 is 0 Å². The lowest BCUT2D eigenvalue weighted by Crippen LogP contribution is -2.47. The number of carbonyl (C=O) groups excluding carboxylic acids is 3. The molecule has 0 aromatic carbocycles. The smallest absolute Gasteiger partial charge is 0.337 e. The van der Waals surface area contributed by atoms with Crippen LogP contribution in [0.4, 0.5) is 14.4 Å². The molecular weight excluding hydrogens is 350 g/mol. The van der Waals surface area contributed by atoms with Gasteiger partial charge < -0.3 is 15.1 Å². The molecule has 2 aliphatic heterocycles. The molecule has 2 aliphatic rings. The van der Waals surface area contributed by atoms with Gasteiger partial charge in [0.1, 0.15) is 0 Å². The minimum absolute atomic E-state index is 0.0177. The first-order valence-electron chi connectivity index (χ1n) is 8.14. The fourth-order valence-corrected chi connectivity index (χ4v) is 3.75. The van der Waals surface area contributed by atoms with E-state index < -0.39 is 22.1 Å². The van der Waals surface area contributed by atoms with Crippen LogP contribution in [-0.4, -0.2) is 98.6 Å². The molecule has 1 N–H and O–H groups in total. The number of hydrogen-bond donors (Lipinski definition) is 1. The normalized spacial score (nSPS) is 19.3. The summed E-state index contributed by atoms with van der Waals surface area (Å²) in [7, 11) is -0.235. The Bertz CT molecular complexity index is 642. The van der Waals surface area contributed by atoms with Crippen LogP contribution in [0.1, 0.15) is 12.8 Å². The Morgan fingerprint density at radius 2 is 1.76 bits per heavy atom. The zero-order valence-electron chi connectivity index (χ0n) is 14.8. The van der Waals surface area contributed by atoms with Crippen LogP contribution in [0.25, 0.3) is 0 Å². The number of imide groups is 1. The first-order valence-corrected chi connectivity index (χ1v) is 9.99. The number of rotatable bonds is 3. The second-order valence-corrected chi connectivity index (χ2v) is 8.47. The van der Waals surface area contributed by atoms with Crippen molar-refractivity contribution in [1.82, 2.24) is 24.3 Å². The van der Waals surface area contributed by atoms with Gasteiger partial charge in [0.15, 0.2) is 0 Å². The summed E-state index contributed by atoms with van der Waals surface area (Å²) in [4.78, 5) is 40.2. The highest BCUT2D eigenvalue weighted by molar-refractivity contribution is 7.88. The number of likely N-dealkylation sites (tertiary alicyclic amines) is 1. The van der Waals surface area contributed by atoms with Crippen molar-refractivity contribution >= 4 is 28.1 Å². The van der Waals surface area contributed by atoms with Gasteiger partial charge >= 0.3 is 18.1 Å². The van der Waals surface area contributed by atoms with Gasteiger partial charge in [0.25, 0.3) is 0 Å². The molecule has 25 heavy (non-hydrogen) atoms. The number of piperidine rings is 1. The van der Waals surface area contributed by atoms with Crippen LogP contribution in [0.15, 0.2) is 0 Å². The molecule has 0 atom stereocenters. The van der Waals surface area contributed by atoms with E-state index in [1.165, 1.54) is 4.90 Å². The molecule has 0 unspecified atom stereocenters. The Balaban J connectivity index is 1.78. The van der Waals surface area contributed by atoms with Crippen LogP contribution in [0.2, 0.25) is 0 Å². The van der Waals surface area contributed by atoms with Crippen LogP contribution in [-0.2, 0) is 10.0 Å². The zero-order chi connectivity index (χ0) is 18.8. The summed E-state index contributed by atoms with van der Waals surface area (Å²) in [6.45, 7) is 1.68. The van der Waals surface area contributed by atoms with E-state index in [1.54, 1.807) is 19.0 Å². The van der Waals surface area contributed by atoms with Crippen LogP contribution in [0, 0.1) is 5.92 Å². The van der Waals surface area contributed by atoms with Gasteiger partial charge in [-0.25, -0.2) is 32.0 Å². The van der Waals surface area contributed by atoms with Gasteiger partial charge in [-0.2, -0.15) is 0 Å². The molecule has 10 nitrogen and oxygen atoms in total. The monoisotopic (exact) mass is 375 g/mol. The lowest BCUT2D eigenvalue weighted by molar-refractivity contribution is 0.146. The fourth-order valence-electron chi connectivity index (χ4n) is 2.95. The van der Waals surface area contributed by atoms with E-state index in [4.69, 9.17) is 0 Å². The quantitative estimate of drug-likeness (QED) is 0.734. The van der Waals surface area contributed by atoms with Crippen LogP contribution < -0.4 is 5.32 Å². The van der Waals surface area contributed by atoms with E-state index in [1.807, 2.05) is 0 Å². The number of nitrogens with zero attached hydrogens (tertiary/aromatic N) is 4. The maximum absolute atomic E-state index is 12.1. The summed E-state index contributed by atoms with van der Waals surface area (Å²) in [5.41, 5.74) is 0. The third kappa shape index (κ3) is 4.53. The van der Waals surface area contributed by atoms with Crippen molar-refractivity contribution in [3.63, 3.8) is 0 Å². The second-order valence-electron chi connectivity index (χ2n) is 6.56. The van der Waals surface area contributed by atoms with Gasteiger partial charge in [-0.1, -0.05) is 0 Å². The topological polar surface area (TPSA) is 110 Å². The van der Waals surface area contributed by atoms with Gasteiger partial charge in [0.05, 0.1) is 19.3 Å². The highest BCUT2D eigenvalue weighted by Gasteiger charge is 2.38. The van der Waals surface area contributed by atoms with Crippen molar-refractivity contribution in [3.05, 3.63) is 0 Å². The maximum Gasteiger partial charge on any atom is 0.341 e. The highest BCUT2D eigenvalue weighted by Crippen LogP contribution is 2.18. The minimum atomic E-state index is -3.65. The van der Waals surface area contributed by atoms with Gasteiger partial charge in [0, 0.05) is 33.7 Å². The summed E-state index contributed by atoms with van der Waals surface area (Å²) < 4.78 is 23.6.